The molecule has 3 fully saturated rings. The van der Waals surface area contributed by atoms with Gasteiger partial charge in [-0.1, -0.05) is 26.2 Å². The van der Waals surface area contributed by atoms with E-state index in [-0.39, 0.29) is 0 Å². The van der Waals surface area contributed by atoms with Crippen LogP contribution in [0.5, 0.6) is 0 Å². The number of nitrogens with one attached hydrogen (secondary N) is 1. The molecule has 1 unspecified atom stereocenters. The van der Waals surface area contributed by atoms with Gasteiger partial charge in [0.05, 0.1) is 0 Å². The van der Waals surface area contributed by atoms with Crippen molar-refractivity contribution in [2.45, 2.75) is 64.3 Å². The highest BCUT2D eigenvalue weighted by Crippen LogP contribution is 2.38. The minimum atomic E-state index is 0.616. The van der Waals surface area contributed by atoms with E-state index in [4.69, 9.17) is 0 Å². The first kappa shape index (κ1) is 12.9. The highest BCUT2D eigenvalue weighted by molar-refractivity contribution is 4.92. The van der Waals surface area contributed by atoms with Gasteiger partial charge in [-0.05, 0) is 50.0 Å². The van der Waals surface area contributed by atoms with Gasteiger partial charge >= 0.3 is 0 Å². The lowest BCUT2D eigenvalue weighted by Gasteiger charge is -2.40. The predicted molar refractivity (Wildman–Crippen MR) is 76.8 cm³/mol. The van der Waals surface area contributed by atoms with Crippen LogP contribution in [0.25, 0.3) is 0 Å². The molecule has 3 aliphatic rings. The lowest BCUT2D eigenvalue weighted by atomic mass is 9.73. The molecule has 2 nitrogen and oxygen atoms in total. The molecule has 1 N–H and O–H groups in total. The Kier molecular flexibility index (Phi) is 3.95. The second-order valence-electron chi connectivity index (χ2n) is 7.34. The van der Waals surface area contributed by atoms with E-state index in [1.807, 2.05) is 0 Å². The zero-order valence-corrected chi connectivity index (χ0v) is 12.1. The smallest absolute Gasteiger partial charge is 0.00684 e. The molecule has 0 bridgehead atoms. The molecule has 3 rings (SSSR count). The first-order valence-electron chi connectivity index (χ1n) is 8.22. The standard InChI is InChI=1S/C16H30N2/c1-14-7-10-18(11-14)13-16(8-3-2-4-9-16)12-17-15-5-6-15/h14-15,17H,2-13H2,1H3. The van der Waals surface area contributed by atoms with Crippen LogP contribution in [-0.2, 0) is 0 Å². The first-order chi connectivity index (χ1) is 8.76. The third kappa shape index (κ3) is 3.27. The average molecular weight is 250 g/mol. The van der Waals surface area contributed by atoms with Gasteiger partial charge in [-0.25, -0.2) is 0 Å². The quantitative estimate of drug-likeness (QED) is 0.807. The Morgan fingerprint density at radius 1 is 1.11 bits per heavy atom. The van der Waals surface area contributed by atoms with Crippen LogP contribution in [0, 0.1) is 11.3 Å². The molecule has 1 atom stereocenters. The summed E-state index contributed by atoms with van der Waals surface area (Å²) in [4.78, 5) is 2.75. The van der Waals surface area contributed by atoms with Gasteiger partial charge in [-0.2, -0.15) is 0 Å². The molecule has 0 spiro atoms. The molecule has 18 heavy (non-hydrogen) atoms. The van der Waals surface area contributed by atoms with Crippen molar-refractivity contribution >= 4 is 0 Å². The Morgan fingerprint density at radius 2 is 1.89 bits per heavy atom. The van der Waals surface area contributed by atoms with E-state index < -0.39 is 0 Å². The highest BCUT2D eigenvalue weighted by atomic mass is 15.2. The van der Waals surface area contributed by atoms with Gasteiger partial charge in [-0.15, -0.1) is 0 Å². The van der Waals surface area contributed by atoms with Gasteiger partial charge in [0, 0.05) is 25.7 Å². The Labute approximate surface area is 113 Å². The van der Waals surface area contributed by atoms with Gasteiger partial charge in [0.1, 0.15) is 0 Å². The fraction of sp³-hybridized carbons (Fsp3) is 1.00. The second-order valence-corrected chi connectivity index (χ2v) is 7.34. The molecule has 0 aromatic carbocycles. The van der Waals surface area contributed by atoms with Crippen molar-refractivity contribution in [3.8, 4) is 0 Å². The number of hydrogen-bond donors (Lipinski definition) is 1. The minimum absolute atomic E-state index is 0.616. The van der Waals surface area contributed by atoms with Crippen molar-refractivity contribution in [1.82, 2.24) is 10.2 Å². The summed E-state index contributed by atoms with van der Waals surface area (Å²) in [6, 6.07) is 0.876. The van der Waals surface area contributed by atoms with Crippen LogP contribution in [-0.4, -0.2) is 37.1 Å². The lowest BCUT2D eigenvalue weighted by molar-refractivity contribution is 0.114. The van der Waals surface area contributed by atoms with E-state index in [9.17, 15) is 0 Å². The lowest BCUT2D eigenvalue weighted by Crippen LogP contribution is -2.45. The molecule has 104 valence electrons. The van der Waals surface area contributed by atoms with Crippen LogP contribution in [0.15, 0.2) is 0 Å². The number of rotatable bonds is 5. The van der Waals surface area contributed by atoms with Crippen molar-refractivity contribution in [1.29, 1.82) is 0 Å². The first-order valence-corrected chi connectivity index (χ1v) is 8.22. The van der Waals surface area contributed by atoms with Crippen LogP contribution in [0.2, 0.25) is 0 Å². The minimum Gasteiger partial charge on any atom is -0.313 e. The average Bonchev–Trinajstić information content (AvgIpc) is 3.12. The van der Waals surface area contributed by atoms with E-state index >= 15 is 0 Å². The van der Waals surface area contributed by atoms with E-state index in [2.05, 4.69) is 17.1 Å². The van der Waals surface area contributed by atoms with Gasteiger partial charge in [0.2, 0.25) is 0 Å². The number of likely N-dealkylation sites (tertiary alicyclic amines) is 1. The molecule has 0 aromatic heterocycles. The van der Waals surface area contributed by atoms with Crippen LogP contribution >= 0.6 is 0 Å². The molecule has 1 aliphatic heterocycles. The summed E-state index contributed by atoms with van der Waals surface area (Å²) in [6.07, 6.45) is 11.6. The maximum atomic E-state index is 3.83. The molecule has 2 heteroatoms. The Balaban J connectivity index is 1.56. The van der Waals surface area contributed by atoms with Crippen molar-refractivity contribution in [2.75, 3.05) is 26.2 Å². The Hall–Kier alpha value is -0.0800. The fourth-order valence-corrected chi connectivity index (χ4v) is 3.99. The summed E-state index contributed by atoms with van der Waals surface area (Å²) >= 11 is 0. The molecule has 0 amide bonds. The van der Waals surface area contributed by atoms with E-state index in [1.54, 1.807) is 0 Å². The van der Waals surface area contributed by atoms with Gasteiger partial charge in [-0.3, -0.25) is 0 Å². The maximum Gasteiger partial charge on any atom is 0.00684 e. The van der Waals surface area contributed by atoms with Crippen LogP contribution in [0.4, 0.5) is 0 Å². The second kappa shape index (κ2) is 5.50. The predicted octanol–water partition coefficient (Wildman–Crippen LogP) is 3.03. The zero-order chi connectivity index (χ0) is 12.4. The summed E-state index contributed by atoms with van der Waals surface area (Å²) in [5.74, 6) is 0.932. The number of hydrogen-bond acceptors (Lipinski definition) is 2. The molecule has 1 saturated heterocycles. The summed E-state index contributed by atoms with van der Waals surface area (Å²) in [5, 5.41) is 3.83. The van der Waals surface area contributed by atoms with Crippen molar-refractivity contribution in [2.24, 2.45) is 11.3 Å². The van der Waals surface area contributed by atoms with Crippen LogP contribution < -0.4 is 5.32 Å². The molecule has 2 aliphatic carbocycles. The summed E-state index contributed by atoms with van der Waals surface area (Å²) in [6.45, 7) is 7.78. The van der Waals surface area contributed by atoms with Crippen molar-refractivity contribution < 1.29 is 0 Å². The van der Waals surface area contributed by atoms with E-state index in [1.165, 1.54) is 77.5 Å². The Bertz CT molecular complexity index is 266. The fourth-order valence-electron chi connectivity index (χ4n) is 3.99. The SMILES string of the molecule is CC1CCN(CC2(CNC3CC3)CCCCC2)C1. The van der Waals surface area contributed by atoms with E-state index in [0.717, 1.165) is 12.0 Å². The van der Waals surface area contributed by atoms with Crippen LogP contribution in [0.1, 0.15) is 58.3 Å². The highest BCUT2D eigenvalue weighted by Gasteiger charge is 2.36. The largest absolute Gasteiger partial charge is 0.313 e. The molecule has 0 radical (unpaired) electrons. The normalized spacial score (nSPS) is 32.8. The molecule has 2 saturated carbocycles. The molecule has 0 aromatic rings. The third-order valence-corrected chi connectivity index (χ3v) is 5.32. The zero-order valence-electron chi connectivity index (χ0n) is 12.1. The monoisotopic (exact) mass is 250 g/mol. The summed E-state index contributed by atoms with van der Waals surface area (Å²) in [7, 11) is 0. The van der Waals surface area contributed by atoms with Crippen molar-refractivity contribution in [3.63, 3.8) is 0 Å². The molecule has 1 heterocycles. The van der Waals surface area contributed by atoms with E-state index in [0.29, 0.717) is 5.41 Å². The van der Waals surface area contributed by atoms with Crippen molar-refractivity contribution in [3.05, 3.63) is 0 Å². The number of nitrogens with zero attached hydrogens (tertiary/aromatic N) is 1. The van der Waals surface area contributed by atoms with Crippen LogP contribution in [0.3, 0.4) is 0 Å². The third-order valence-electron chi connectivity index (χ3n) is 5.32. The van der Waals surface area contributed by atoms with Gasteiger partial charge in [0.25, 0.3) is 0 Å². The molecular formula is C16H30N2. The van der Waals surface area contributed by atoms with Gasteiger partial charge in [0.15, 0.2) is 0 Å². The summed E-state index contributed by atoms with van der Waals surface area (Å²) in [5.41, 5.74) is 0.616. The maximum absolute atomic E-state index is 3.83. The van der Waals surface area contributed by atoms with Gasteiger partial charge < -0.3 is 10.2 Å². The Morgan fingerprint density at radius 3 is 2.50 bits per heavy atom. The topological polar surface area (TPSA) is 15.3 Å². The molecular weight excluding hydrogens is 220 g/mol. The summed E-state index contributed by atoms with van der Waals surface area (Å²) < 4.78 is 0.